The molecule has 9 heteroatoms. The van der Waals surface area contributed by atoms with Crippen LogP contribution in [0.1, 0.15) is 31.4 Å². The molecule has 1 aliphatic carbocycles. The molecular weight excluding hydrogens is 496 g/mol. The minimum Gasteiger partial charge on any atom is -0.377 e. The lowest BCUT2D eigenvalue weighted by Gasteiger charge is -2.54. The van der Waals surface area contributed by atoms with E-state index in [2.05, 4.69) is 29.5 Å². The normalized spacial score (nSPS) is 26.0. The summed E-state index contributed by atoms with van der Waals surface area (Å²) in [5, 5.41) is 6.66. The Bertz CT molecular complexity index is 845. The van der Waals surface area contributed by atoms with Crippen molar-refractivity contribution in [1.82, 2.24) is 10.6 Å². The van der Waals surface area contributed by atoms with Crippen LogP contribution in [-0.4, -0.2) is 46.4 Å². The van der Waals surface area contributed by atoms with E-state index in [0.717, 1.165) is 13.0 Å². The fraction of sp³-hybridized carbons (Fsp3) is 0.632. The zero-order chi connectivity index (χ0) is 19.8. The molecule has 2 fully saturated rings. The summed E-state index contributed by atoms with van der Waals surface area (Å²) in [6.07, 6.45) is 2.48. The van der Waals surface area contributed by atoms with Gasteiger partial charge in [0.2, 0.25) is 0 Å². The number of hydrogen-bond acceptors (Lipinski definition) is 4. The number of fused-ring (bicyclic) bond motifs is 1. The lowest BCUT2D eigenvalue weighted by molar-refractivity contribution is -0.106. The van der Waals surface area contributed by atoms with Crippen LogP contribution in [0.5, 0.6) is 0 Å². The van der Waals surface area contributed by atoms with E-state index >= 15 is 0 Å². The third-order valence-electron chi connectivity index (χ3n) is 5.65. The van der Waals surface area contributed by atoms with Crippen LogP contribution in [0.2, 0.25) is 0 Å². The van der Waals surface area contributed by atoms with E-state index in [9.17, 15) is 12.8 Å². The average molecular weight is 525 g/mol. The Hall–Kier alpha value is -0.940. The molecule has 28 heavy (non-hydrogen) atoms. The molecule has 3 unspecified atom stereocenters. The second-order valence-electron chi connectivity index (χ2n) is 8.10. The molecule has 1 saturated heterocycles. The number of nitrogens with zero attached hydrogens (tertiary/aromatic N) is 1. The Morgan fingerprint density at radius 2 is 2.07 bits per heavy atom. The van der Waals surface area contributed by atoms with Gasteiger partial charge in [-0.25, -0.2) is 12.8 Å². The van der Waals surface area contributed by atoms with Gasteiger partial charge in [0, 0.05) is 43.8 Å². The molecule has 1 aliphatic heterocycles. The van der Waals surface area contributed by atoms with Crippen LogP contribution < -0.4 is 10.6 Å². The predicted molar refractivity (Wildman–Crippen MR) is 119 cm³/mol. The molecule has 158 valence electrons. The van der Waals surface area contributed by atoms with E-state index in [1.54, 1.807) is 7.05 Å². The molecule has 2 aliphatic rings. The van der Waals surface area contributed by atoms with E-state index < -0.39 is 15.7 Å². The second kappa shape index (κ2) is 8.83. The number of ether oxygens (including phenoxy) is 1. The van der Waals surface area contributed by atoms with Crippen molar-refractivity contribution in [3.05, 3.63) is 35.1 Å². The fourth-order valence-corrected chi connectivity index (χ4v) is 5.17. The van der Waals surface area contributed by atoms with E-state index in [4.69, 9.17) is 4.74 Å². The van der Waals surface area contributed by atoms with Gasteiger partial charge in [0.05, 0.1) is 11.9 Å². The smallest absolute Gasteiger partial charge is 0.191 e. The number of nitrogens with one attached hydrogen (secondary N) is 2. The van der Waals surface area contributed by atoms with Gasteiger partial charge in [-0.1, -0.05) is 19.9 Å². The van der Waals surface area contributed by atoms with Crippen LogP contribution in [-0.2, 0) is 26.9 Å². The molecule has 3 rings (SSSR count). The van der Waals surface area contributed by atoms with Crippen LogP contribution in [0.3, 0.4) is 0 Å². The Labute approximate surface area is 183 Å². The van der Waals surface area contributed by atoms with Crippen LogP contribution in [0, 0.1) is 17.2 Å². The largest absolute Gasteiger partial charge is 0.377 e. The van der Waals surface area contributed by atoms with Crippen LogP contribution in [0.25, 0.3) is 0 Å². The molecule has 0 aromatic heterocycles. The minimum atomic E-state index is -3.21. The molecule has 0 spiro atoms. The van der Waals surface area contributed by atoms with Crippen molar-refractivity contribution in [2.24, 2.45) is 16.3 Å². The summed E-state index contributed by atoms with van der Waals surface area (Å²) in [7, 11) is -1.52. The van der Waals surface area contributed by atoms with Gasteiger partial charge in [0.25, 0.3) is 0 Å². The molecule has 0 radical (unpaired) electrons. The molecule has 1 saturated carbocycles. The number of rotatable bonds is 5. The number of guanidine groups is 1. The van der Waals surface area contributed by atoms with E-state index in [0.29, 0.717) is 29.5 Å². The predicted octanol–water partition coefficient (Wildman–Crippen LogP) is 2.47. The molecule has 3 atom stereocenters. The van der Waals surface area contributed by atoms with Crippen molar-refractivity contribution >= 4 is 39.8 Å². The summed E-state index contributed by atoms with van der Waals surface area (Å²) in [6.45, 7) is 5.45. The van der Waals surface area contributed by atoms with Gasteiger partial charge in [-0.15, -0.1) is 24.0 Å². The maximum absolute atomic E-state index is 13.7. The molecule has 2 N–H and O–H groups in total. The van der Waals surface area contributed by atoms with Gasteiger partial charge in [-0.2, -0.15) is 0 Å². The summed E-state index contributed by atoms with van der Waals surface area (Å²) in [5.41, 5.74) is 1.22. The van der Waals surface area contributed by atoms with E-state index in [1.807, 2.05) is 0 Å². The lowest BCUT2D eigenvalue weighted by Crippen LogP contribution is -2.67. The quantitative estimate of drug-likeness (QED) is 0.351. The van der Waals surface area contributed by atoms with Gasteiger partial charge in [0.15, 0.2) is 15.8 Å². The maximum atomic E-state index is 13.7. The molecule has 1 aromatic rings. The van der Waals surface area contributed by atoms with E-state index in [1.165, 1.54) is 24.5 Å². The highest BCUT2D eigenvalue weighted by Gasteiger charge is 2.59. The van der Waals surface area contributed by atoms with Crippen molar-refractivity contribution < 1.29 is 17.5 Å². The van der Waals surface area contributed by atoms with Crippen LogP contribution >= 0.6 is 24.0 Å². The van der Waals surface area contributed by atoms with Crippen molar-refractivity contribution in [3.63, 3.8) is 0 Å². The zero-order valence-corrected chi connectivity index (χ0v) is 19.8. The minimum absolute atomic E-state index is 0. The van der Waals surface area contributed by atoms with Gasteiger partial charge in [-0.3, -0.25) is 4.99 Å². The highest BCUT2D eigenvalue weighted by atomic mass is 127. The molecule has 0 bridgehead atoms. The van der Waals surface area contributed by atoms with Gasteiger partial charge in [-0.05, 0) is 29.7 Å². The topological polar surface area (TPSA) is 79.8 Å². The molecular formula is C19H29FIN3O3S. The monoisotopic (exact) mass is 525 g/mol. The SMILES string of the molecule is CN=C(NCc1cc(F)ccc1CS(C)(=O)=O)NC1C2CCOC2C1(C)C.I. The number of aliphatic imine (C=N–C) groups is 1. The van der Waals surface area contributed by atoms with Crippen molar-refractivity contribution in [1.29, 1.82) is 0 Å². The Kier molecular flexibility index (Phi) is 7.36. The van der Waals surface area contributed by atoms with Crippen LogP contribution in [0.4, 0.5) is 4.39 Å². The summed E-state index contributed by atoms with van der Waals surface area (Å²) in [4.78, 5) is 4.27. The van der Waals surface area contributed by atoms with Gasteiger partial charge < -0.3 is 15.4 Å². The number of hydrogen-bond donors (Lipinski definition) is 2. The van der Waals surface area contributed by atoms with Crippen molar-refractivity contribution in [3.8, 4) is 0 Å². The van der Waals surface area contributed by atoms with E-state index in [-0.39, 0.29) is 47.3 Å². The summed E-state index contributed by atoms with van der Waals surface area (Å²) < 4.78 is 42.8. The Morgan fingerprint density at radius 3 is 2.71 bits per heavy atom. The third kappa shape index (κ3) is 4.96. The summed E-state index contributed by atoms with van der Waals surface area (Å²) in [5.74, 6) is 0.576. The zero-order valence-electron chi connectivity index (χ0n) is 16.7. The summed E-state index contributed by atoms with van der Waals surface area (Å²) in [6, 6.07) is 4.43. The standard InChI is InChI=1S/C19H28FN3O3S.HI/c1-19(2)16(15-7-8-26-17(15)19)23-18(21-3)22-10-13-9-14(20)6-5-12(13)11-27(4,24)25;/h5-6,9,15-17H,7-8,10-11H2,1-4H3,(H2,21,22,23);1H. The fourth-order valence-electron chi connectivity index (χ4n) is 4.32. The first-order valence-corrected chi connectivity index (χ1v) is 11.2. The maximum Gasteiger partial charge on any atom is 0.191 e. The first-order valence-electron chi connectivity index (χ1n) is 9.15. The third-order valence-corrected chi connectivity index (χ3v) is 6.48. The number of benzene rings is 1. The highest BCUT2D eigenvalue weighted by Crippen LogP contribution is 2.52. The van der Waals surface area contributed by atoms with Crippen molar-refractivity contribution in [2.75, 3.05) is 19.9 Å². The average Bonchev–Trinajstić information content (AvgIpc) is 3.03. The first kappa shape index (κ1) is 23.3. The summed E-state index contributed by atoms with van der Waals surface area (Å²) >= 11 is 0. The number of halogens is 2. The highest BCUT2D eigenvalue weighted by molar-refractivity contribution is 14.0. The lowest BCUT2D eigenvalue weighted by atomic mass is 9.57. The Balaban J connectivity index is 0.00000280. The van der Waals surface area contributed by atoms with Crippen LogP contribution in [0.15, 0.2) is 23.2 Å². The molecule has 6 nitrogen and oxygen atoms in total. The van der Waals surface area contributed by atoms with Crippen molar-refractivity contribution in [2.45, 2.75) is 44.7 Å². The van der Waals surface area contributed by atoms with Gasteiger partial charge >= 0.3 is 0 Å². The number of sulfone groups is 1. The molecule has 0 amide bonds. The Morgan fingerprint density at radius 1 is 1.36 bits per heavy atom. The second-order valence-corrected chi connectivity index (χ2v) is 10.2. The first-order chi connectivity index (χ1) is 12.6. The van der Waals surface area contributed by atoms with Gasteiger partial charge in [0.1, 0.15) is 5.82 Å². The molecule has 1 aromatic carbocycles. The molecule has 1 heterocycles.